The zero-order chi connectivity index (χ0) is 19.1. The average Bonchev–Trinajstić information content (AvgIpc) is 3.09. The number of urea groups is 1. The van der Waals surface area contributed by atoms with Gasteiger partial charge in [-0.1, -0.05) is 60.1 Å². The second-order valence-corrected chi connectivity index (χ2v) is 8.08. The molecule has 0 bridgehead atoms. The Labute approximate surface area is 160 Å². The van der Waals surface area contributed by atoms with Crippen molar-refractivity contribution in [2.24, 2.45) is 5.92 Å². The molecule has 0 aromatic heterocycles. The van der Waals surface area contributed by atoms with Gasteiger partial charge in [-0.15, -0.1) is 0 Å². The van der Waals surface area contributed by atoms with E-state index >= 15 is 0 Å². The molecule has 2 aliphatic heterocycles. The van der Waals surface area contributed by atoms with E-state index in [9.17, 15) is 14.4 Å². The number of nitrogens with zero attached hydrogens (tertiary/aromatic N) is 1. The molecule has 9 heteroatoms. The number of nitrogens with one attached hydrogen (secondary N) is 4. The lowest BCUT2D eigenvalue weighted by Gasteiger charge is -2.23. The van der Waals surface area contributed by atoms with Gasteiger partial charge in [-0.25, -0.2) is 10.2 Å². The number of imide groups is 1. The summed E-state index contributed by atoms with van der Waals surface area (Å²) >= 11 is 3.52. The third-order valence-corrected chi connectivity index (χ3v) is 5.93. The third kappa shape index (κ3) is 3.10. The number of halogens is 1. The Morgan fingerprint density at radius 3 is 2.46 bits per heavy atom. The van der Waals surface area contributed by atoms with E-state index in [0.29, 0.717) is 11.5 Å². The van der Waals surface area contributed by atoms with Crippen molar-refractivity contribution in [3.8, 4) is 0 Å². The molecule has 0 saturated carbocycles. The minimum absolute atomic E-state index is 0.0449. The number of alkyl halides is 1. The van der Waals surface area contributed by atoms with E-state index < -0.39 is 29.4 Å². The molecule has 2 saturated heterocycles. The van der Waals surface area contributed by atoms with E-state index in [0.717, 1.165) is 5.01 Å². The minimum atomic E-state index is -1.22. The molecule has 8 nitrogen and oxygen atoms in total. The second-order valence-electron chi connectivity index (χ2n) is 7.02. The maximum Gasteiger partial charge on any atom is 0.344 e. The molecule has 0 radical (unpaired) electrons. The van der Waals surface area contributed by atoms with Crippen molar-refractivity contribution in [2.75, 3.05) is 0 Å². The van der Waals surface area contributed by atoms with Crippen LogP contribution in [0.2, 0.25) is 0 Å². The Kier molecular flexibility index (Phi) is 5.05. The van der Waals surface area contributed by atoms with Crippen LogP contribution in [0.1, 0.15) is 26.3 Å². The Balaban J connectivity index is 1.74. The van der Waals surface area contributed by atoms with Crippen LogP contribution in [0, 0.1) is 5.92 Å². The Bertz CT molecular complexity index is 728. The van der Waals surface area contributed by atoms with Crippen molar-refractivity contribution in [2.45, 2.75) is 43.2 Å². The normalized spacial score (nSPS) is 31.4. The summed E-state index contributed by atoms with van der Waals surface area (Å²) in [5.41, 5.74) is 7.84. The molecule has 4 atom stereocenters. The van der Waals surface area contributed by atoms with Crippen molar-refractivity contribution < 1.29 is 14.4 Å². The predicted molar refractivity (Wildman–Crippen MR) is 98.7 cm³/mol. The van der Waals surface area contributed by atoms with Crippen LogP contribution in [0.25, 0.3) is 0 Å². The molecule has 140 valence electrons. The van der Waals surface area contributed by atoms with E-state index in [1.54, 1.807) is 31.2 Å². The molecular formula is C17H22BrN5O3. The fourth-order valence-electron chi connectivity index (χ4n) is 3.18. The molecule has 0 spiro atoms. The number of hydrogen-bond donors (Lipinski definition) is 4. The number of carbonyl (C=O) groups excluding carboxylic acids is 3. The molecule has 4 unspecified atom stereocenters. The minimum Gasteiger partial charge on any atom is -0.318 e. The van der Waals surface area contributed by atoms with Crippen LogP contribution in [0.15, 0.2) is 30.3 Å². The Hall–Kier alpha value is -1.97. The summed E-state index contributed by atoms with van der Waals surface area (Å²) in [6, 6.07) is 7.69. The number of carbonyl (C=O) groups is 3. The first-order valence-electron chi connectivity index (χ1n) is 8.43. The molecule has 1 aromatic carbocycles. The van der Waals surface area contributed by atoms with Gasteiger partial charge in [0.05, 0.1) is 4.83 Å². The van der Waals surface area contributed by atoms with Crippen LogP contribution in [-0.2, 0) is 15.1 Å². The van der Waals surface area contributed by atoms with Crippen molar-refractivity contribution in [1.82, 2.24) is 26.6 Å². The van der Waals surface area contributed by atoms with Gasteiger partial charge >= 0.3 is 6.03 Å². The van der Waals surface area contributed by atoms with Crippen LogP contribution in [-0.4, -0.2) is 39.8 Å². The van der Waals surface area contributed by atoms with Crippen LogP contribution in [0.5, 0.6) is 0 Å². The van der Waals surface area contributed by atoms with Gasteiger partial charge in [-0.2, -0.15) is 5.01 Å². The monoisotopic (exact) mass is 423 g/mol. The standard InChI is InChI=1S/C17H22BrN5O3/c1-9(2)12-11(18)13(21-20-12)14(24)22-23-15(25)17(3,19-16(23)26)10-7-5-4-6-8-10/h4-9,11-13,20-21H,1-3H3,(H,19,26)(H,22,24). The van der Waals surface area contributed by atoms with E-state index in [2.05, 4.69) is 37.5 Å². The molecule has 2 aliphatic rings. The molecule has 3 rings (SSSR count). The molecule has 2 fully saturated rings. The zero-order valence-electron chi connectivity index (χ0n) is 14.7. The quantitative estimate of drug-likeness (QED) is 0.422. The van der Waals surface area contributed by atoms with Gasteiger partial charge in [0.2, 0.25) is 0 Å². The van der Waals surface area contributed by atoms with Gasteiger partial charge in [0.15, 0.2) is 0 Å². The summed E-state index contributed by atoms with van der Waals surface area (Å²) in [6.07, 6.45) is 0. The smallest absolute Gasteiger partial charge is 0.318 e. The third-order valence-electron chi connectivity index (χ3n) is 4.83. The van der Waals surface area contributed by atoms with Crippen molar-refractivity contribution in [3.63, 3.8) is 0 Å². The molecule has 0 aliphatic carbocycles. The Morgan fingerprint density at radius 2 is 1.88 bits per heavy atom. The Morgan fingerprint density at radius 1 is 1.23 bits per heavy atom. The molecule has 4 N–H and O–H groups in total. The largest absolute Gasteiger partial charge is 0.344 e. The first-order chi connectivity index (χ1) is 12.3. The lowest BCUT2D eigenvalue weighted by molar-refractivity contribution is -0.139. The maximum atomic E-state index is 12.8. The molecule has 1 aromatic rings. The van der Waals surface area contributed by atoms with Gasteiger partial charge in [0, 0.05) is 6.04 Å². The lowest BCUT2D eigenvalue weighted by Crippen LogP contribution is -2.55. The highest BCUT2D eigenvalue weighted by Gasteiger charge is 2.51. The molecule has 2 heterocycles. The van der Waals surface area contributed by atoms with Crippen LogP contribution in [0.4, 0.5) is 4.79 Å². The second kappa shape index (κ2) is 6.98. The molecule has 4 amide bonds. The van der Waals surface area contributed by atoms with Gasteiger partial charge in [-0.05, 0) is 18.4 Å². The van der Waals surface area contributed by atoms with Gasteiger partial charge in [0.25, 0.3) is 11.8 Å². The van der Waals surface area contributed by atoms with Gasteiger partial charge in [-0.3, -0.25) is 20.4 Å². The fourth-order valence-corrected chi connectivity index (χ4v) is 4.30. The summed E-state index contributed by atoms with van der Waals surface area (Å²) < 4.78 is 0. The number of amides is 4. The molecule has 26 heavy (non-hydrogen) atoms. The van der Waals surface area contributed by atoms with E-state index in [1.807, 2.05) is 19.9 Å². The lowest BCUT2D eigenvalue weighted by atomic mass is 9.92. The summed E-state index contributed by atoms with van der Waals surface area (Å²) in [6.45, 7) is 5.69. The number of rotatable bonds is 4. The van der Waals surface area contributed by atoms with E-state index in [4.69, 9.17) is 0 Å². The van der Waals surface area contributed by atoms with E-state index in [1.165, 1.54) is 0 Å². The SMILES string of the molecule is CC(C)C1NNC(C(=O)NN2C(=O)NC(C)(c3ccccc3)C2=O)C1Br. The topological polar surface area (TPSA) is 103 Å². The van der Waals surface area contributed by atoms with Gasteiger partial charge < -0.3 is 5.32 Å². The highest BCUT2D eigenvalue weighted by atomic mass is 79.9. The van der Waals surface area contributed by atoms with Crippen LogP contribution < -0.4 is 21.6 Å². The number of hydrogen-bond acceptors (Lipinski definition) is 5. The van der Waals surface area contributed by atoms with Crippen molar-refractivity contribution >= 4 is 33.8 Å². The summed E-state index contributed by atoms with van der Waals surface area (Å²) in [4.78, 5) is 37.6. The van der Waals surface area contributed by atoms with Crippen molar-refractivity contribution in [1.29, 1.82) is 0 Å². The zero-order valence-corrected chi connectivity index (χ0v) is 16.3. The summed E-state index contributed by atoms with van der Waals surface area (Å²) in [5.74, 6) is -0.703. The fraction of sp³-hybridized carbons (Fsp3) is 0.471. The van der Waals surface area contributed by atoms with E-state index in [-0.39, 0.29) is 10.9 Å². The molecular weight excluding hydrogens is 402 g/mol. The first-order valence-corrected chi connectivity index (χ1v) is 9.35. The van der Waals surface area contributed by atoms with Crippen LogP contribution >= 0.6 is 15.9 Å². The summed E-state index contributed by atoms with van der Waals surface area (Å²) in [5, 5.41) is 3.40. The predicted octanol–water partition coefficient (Wildman–Crippen LogP) is 0.749. The van der Waals surface area contributed by atoms with Crippen LogP contribution in [0.3, 0.4) is 0 Å². The average molecular weight is 424 g/mol. The summed E-state index contributed by atoms with van der Waals surface area (Å²) in [7, 11) is 0. The number of benzene rings is 1. The highest BCUT2D eigenvalue weighted by molar-refractivity contribution is 9.09. The number of hydrazine groups is 2. The van der Waals surface area contributed by atoms with Gasteiger partial charge in [0.1, 0.15) is 11.6 Å². The first kappa shape index (κ1) is 18.8. The maximum absolute atomic E-state index is 12.8. The van der Waals surface area contributed by atoms with Crippen molar-refractivity contribution in [3.05, 3.63) is 35.9 Å². The highest BCUT2D eigenvalue weighted by Crippen LogP contribution is 2.28.